The van der Waals surface area contributed by atoms with Gasteiger partial charge in [-0.05, 0) is 29.5 Å². The summed E-state index contributed by atoms with van der Waals surface area (Å²) in [5.74, 6) is 0. The van der Waals surface area contributed by atoms with Crippen LogP contribution in [0.5, 0.6) is 0 Å². The van der Waals surface area contributed by atoms with Crippen molar-refractivity contribution in [3.8, 4) is 0 Å². The summed E-state index contributed by atoms with van der Waals surface area (Å²) in [6.07, 6.45) is 2.72. The fourth-order valence-corrected chi connectivity index (χ4v) is 2.41. The van der Waals surface area contributed by atoms with Crippen LogP contribution in [0.3, 0.4) is 0 Å². The van der Waals surface area contributed by atoms with E-state index < -0.39 is 0 Å². The molecule has 1 N–H and O–H groups in total. The fourth-order valence-electron chi connectivity index (χ4n) is 2.23. The Kier molecular flexibility index (Phi) is 4.66. The van der Waals surface area contributed by atoms with Gasteiger partial charge < -0.3 is 5.32 Å². The number of rotatable bonds is 4. The van der Waals surface area contributed by atoms with E-state index >= 15 is 0 Å². The van der Waals surface area contributed by atoms with Gasteiger partial charge in [-0.3, -0.25) is 0 Å². The molecule has 1 unspecified atom stereocenters. The van der Waals surface area contributed by atoms with Crippen molar-refractivity contribution in [3.05, 3.63) is 59.4 Å². The predicted molar refractivity (Wildman–Crippen MR) is 86.1 cm³/mol. The molecule has 0 bridgehead atoms. The minimum Gasteiger partial charge on any atom is -0.376 e. The third kappa shape index (κ3) is 4.24. The van der Waals surface area contributed by atoms with Crippen molar-refractivity contribution in [2.24, 2.45) is 5.41 Å². The molecule has 2 rings (SSSR count). The van der Waals surface area contributed by atoms with Crippen molar-refractivity contribution in [3.63, 3.8) is 0 Å². The summed E-state index contributed by atoms with van der Waals surface area (Å²) in [4.78, 5) is 4.13. The number of hydrogen-bond acceptors (Lipinski definition) is 2. The van der Waals surface area contributed by atoms with Crippen LogP contribution in [-0.2, 0) is 0 Å². The molecule has 20 heavy (non-hydrogen) atoms. The van der Waals surface area contributed by atoms with E-state index in [0.29, 0.717) is 5.15 Å². The van der Waals surface area contributed by atoms with Gasteiger partial charge in [-0.1, -0.05) is 62.7 Å². The van der Waals surface area contributed by atoms with Crippen molar-refractivity contribution in [1.82, 2.24) is 4.98 Å². The van der Waals surface area contributed by atoms with Crippen LogP contribution in [0.2, 0.25) is 5.15 Å². The zero-order valence-electron chi connectivity index (χ0n) is 12.2. The summed E-state index contributed by atoms with van der Waals surface area (Å²) in [5, 5.41) is 4.04. The Morgan fingerprint density at radius 3 is 2.40 bits per heavy atom. The first kappa shape index (κ1) is 14.9. The van der Waals surface area contributed by atoms with Crippen molar-refractivity contribution in [1.29, 1.82) is 0 Å². The molecule has 0 saturated carbocycles. The Labute approximate surface area is 126 Å². The van der Waals surface area contributed by atoms with Crippen LogP contribution in [0.4, 0.5) is 5.69 Å². The minimum atomic E-state index is 0.220. The zero-order chi connectivity index (χ0) is 14.6. The first-order chi connectivity index (χ1) is 9.46. The molecule has 0 saturated heterocycles. The standard InChI is InChI=1S/C17H21ClN2/c1-17(2,3)12-15(13-8-5-4-6-9-13)20-14-10-7-11-19-16(14)18/h4-11,15,20H,12H2,1-3H3. The van der Waals surface area contributed by atoms with Gasteiger partial charge in [0.15, 0.2) is 5.15 Å². The van der Waals surface area contributed by atoms with Gasteiger partial charge in [0, 0.05) is 6.20 Å². The van der Waals surface area contributed by atoms with Crippen molar-refractivity contribution in [2.75, 3.05) is 5.32 Å². The van der Waals surface area contributed by atoms with E-state index in [2.05, 4.69) is 55.3 Å². The van der Waals surface area contributed by atoms with Crippen molar-refractivity contribution in [2.45, 2.75) is 33.2 Å². The van der Waals surface area contributed by atoms with Crippen LogP contribution < -0.4 is 5.32 Å². The molecular weight excluding hydrogens is 268 g/mol. The summed E-state index contributed by atoms with van der Waals surface area (Å²) in [7, 11) is 0. The number of hydrogen-bond donors (Lipinski definition) is 1. The van der Waals surface area contributed by atoms with Gasteiger partial charge in [-0.15, -0.1) is 0 Å². The van der Waals surface area contributed by atoms with Gasteiger partial charge in [-0.25, -0.2) is 4.98 Å². The molecule has 1 heterocycles. The third-order valence-electron chi connectivity index (χ3n) is 3.11. The fraction of sp³-hybridized carbons (Fsp3) is 0.353. The lowest BCUT2D eigenvalue weighted by molar-refractivity contribution is 0.352. The molecule has 0 radical (unpaired) electrons. The van der Waals surface area contributed by atoms with Gasteiger partial charge in [0.1, 0.15) is 0 Å². The van der Waals surface area contributed by atoms with E-state index in [9.17, 15) is 0 Å². The second-order valence-electron chi connectivity index (χ2n) is 6.21. The Hall–Kier alpha value is -1.54. The quantitative estimate of drug-likeness (QED) is 0.770. The van der Waals surface area contributed by atoms with Gasteiger partial charge in [0.2, 0.25) is 0 Å². The number of anilines is 1. The molecule has 0 amide bonds. The molecule has 1 atom stereocenters. The van der Waals surface area contributed by atoms with Crippen LogP contribution in [0, 0.1) is 5.41 Å². The Bertz CT molecular complexity index is 546. The molecule has 0 aliphatic carbocycles. The second-order valence-corrected chi connectivity index (χ2v) is 6.57. The van der Waals surface area contributed by atoms with Crippen molar-refractivity contribution < 1.29 is 0 Å². The summed E-state index contributed by atoms with van der Waals surface area (Å²) in [6.45, 7) is 6.74. The van der Waals surface area contributed by atoms with Gasteiger partial charge >= 0.3 is 0 Å². The van der Waals surface area contributed by atoms with Crippen molar-refractivity contribution >= 4 is 17.3 Å². The van der Waals surface area contributed by atoms with E-state index in [4.69, 9.17) is 11.6 Å². The minimum absolute atomic E-state index is 0.220. The molecule has 106 valence electrons. The normalized spacial score (nSPS) is 13.0. The van der Waals surface area contributed by atoms with Crippen LogP contribution in [0.15, 0.2) is 48.7 Å². The highest BCUT2D eigenvalue weighted by Crippen LogP contribution is 2.33. The van der Waals surface area contributed by atoms with Gasteiger partial charge in [0.05, 0.1) is 11.7 Å². The molecule has 0 aliphatic rings. The number of benzene rings is 1. The Balaban J connectivity index is 2.26. The predicted octanol–water partition coefficient (Wildman–Crippen LogP) is 5.32. The molecule has 2 nitrogen and oxygen atoms in total. The lowest BCUT2D eigenvalue weighted by Gasteiger charge is -2.28. The van der Waals surface area contributed by atoms with Crippen LogP contribution >= 0.6 is 11.6 Å². The lowest BCUT2D eigenvalue weighted by atomic mass is 9.85. The number of pyridine rings is 1. The SMILES string of the molecule is CC(C)(C)CC(Nc1cccnc1Cl)c1ccccc1. The average Bonchev–Trinajstić information content (AvgIpc) is 2.40. The number of halogens is 1. The highest BCUT2D eigenvalue weighted by Gasteiger charge is 2.20. The van der Waals surface area contributed by atoms with E-state index in [0.717, 1.165) is 12.1 Å². The van der Waals surface area contributed by atoms with Crippen LogP contribution in [0.25, 0.3) is 0 Å². The molecule has 0 aliphatic heterocycles. The molecule has 0 spiro atoms. The average molecular weight is 289 g/mol. The number of nitrogens with zero attached hydrogens (tertiary/aromatic N) is 1. The Morgan fingerprint density at radius 1 is 1.10 bits per heavy atom. The molecular formula is C17H21ClN2. The number of nitrogens with one attached hydrogen (secondary N) is 1. The monoisotopic (exact) mass is 288 g/mol. The summed E-state index contributed by atoms with van der Waals surface area (Å²) in [5.41, 5.74) is 2.37. The zero-order valence-corrected chi connectivity index (χ0v) is 13.0. The molecule has 1 aromatic carbocycles. The molecule has 1 aromatic heterocycles. The van der Waals surface area contributed by atoms with E-state index in [-0.39, 0.29) is 11.5 Å². The van der Waals surface area contributed by atoms with Gasteiger partial charge in [-0.2, -0.15) is 0 Å². The number of aromatic nitrogens is 1. The van der Waals surface area contributed by atoms with Crippen LogP contribution in [-0.4, -0.2) is 4.98 Å². The van der Waals surface area contributed by atoms with E-state index in [1.807, 2.05) is 18.2 Å². The first-order valence-corrected chi connectivity index (χ1v) is 7.25. The second kappa shape index (κ2) is 6.27. The maximum atomic E-state index is 6.15. The third-order valence-corrected chi connectivity index (χ3v) is 3.41. The largest absolute Gasteiger partial charge is 0.376 e. The maximum Gasteiger partial charge on any atom is 0.152 e. The molecule has 3 heteroatoms. The van der Waals surface area contributed by atoms with E-state index in [1.165, 1.54) is 5.56 Å². The molecule has 0 fully saturated rings. The first-order valence-electron chi connectivity index (χ1n) is 6.88. The molecule has 2 aromatic rings. The topological polar surface area (TPSA) is 24.9 Å². The van der Waals surface area contributed by atoms with Gasteiger partial charge in [0.25, 0.3) is 0 Å². The summed E-state index contributed by atoms with van der Waals surface area (Å²) >= 11 is 6.15. The highest BCUT2D eigenvalue weighted by molar-refractivity contribution is 6.31. The summed E-state index contributed by atoms with van der Waals surface area (Å²) in [6, 6.07) is 14.5. The summed E-state index contributed by atoms with van der Waals surface area (Å²) < 4.78 is 0. The van der Waals surface area contributed by atoms with Crippen LogP contribution in [0.1, 0.15) is 38.8 Å². The lowest BCUT2D eigenvalue weighted by Crippen LogP contribution is -2.19. The highest BCUT2D eigenvalue weighted by atomic mass is 35.5. The van der Waals surface area contributed by atoms with E-state index in [1.54, 1.807) is 6.20 Å². The Morgan fingerprint density at radius 2 is 1.80 bits per heavy atom. The smallest absolute Gasteiger partial charge is 0.152 e. The maximum absolute atomic E-state index is 6.15.